The van der Waals surface area contributed by atoms with Gasteiger partial charge < -0.3 is 10.2 Å². The molecule has 1 fully saturated rings. The van der Waals surface area contributed by atoms with Gasteiger partial charge in [-0.2, -0.15) is 0 Å². The van der Waals surface area contributed by atoms with Crippen LogP contribution in [0.1, 0.15) is 49.3 Å². The van der Waals surface area contributed by atoms with Gasteiger partial charge in [0.2, 0.25) is 11.8 Å². The van der Waals surface area contributed by atoms with Crippen molar-refractivity contribution in [2.24, 2.45) is 0 Å². The Bertz CT molecular complexity index is 1460. The molecule has 3 aromatic carbocycles. The normalized spacial score (nSPS) is 14.4. The van der Waals surface area contributed by atoms with E-state index in [9.17, 15) is 18.0 Å². The summed E-state index contributed by atoms with van der Waals surface area (Å²) < 4.78 is 29.1. The Morgan fingerprint density at radius 2 is 1.61 bits per heavy atom. The second kappa shape index (κ2) is 13.5. The molecule has 0 bridgehead atoms. The SMILES string of the molecule is Cc1ccc(S(=O)(=O)N(CC(=O)N(CCc2ccccc2)[C@@H](C)C(=O)NC2CCCC2)c2cccc(Cl)c2C)cc1. The number of carbonyl (C=O) groups is 2. The van der Waals surface area contributed by atoms with Gasteiger partial charge in [0.15, 0.2) is 0 Å². The van der Waals surface area contributed by atoms with E-state index in [1.807, 2.05) is 37.3 Å². The third-order valence-electron chi connectivity index (χ3n) is 7.75. The largest absolute Gasteiger partial charge is 0.352 e. The minimum atomic E-state index is -4.14. The first kappa shape index (κ1) is 30.6. The lowest BCUT2D eigenvalue weighted by atomic mass is 10.1. The summed E-state index contributed by atoms with van der Waals surface area (Å²) in [6.45, 7) is 5.09. The molecule has 1 aliphatic carbocycles. The zero-order chi connectivity index (χ0) is 29.6. The van der Waals surface area contributed by atoms with Crippen LogP contribution in [0.4, 0.5) is 5.69 Å². The molecule has 1 aliphatic rings. The first-order chi connectivity index (χ1) is 19.6. The maximum absolute atomic E-state index is 14.1. The molecule has 3 aromatic rings. The number of anilines is 1. The van der Waals surface area contributed by atoms with Crippen molar-refractivity contribution in [3.05, 3.63) is 94.5 Å². The molecular formula is C32H38ClN3O4S. The predicted octanol–water partition coefficient (Wildman–Crippen LogP) is 5.67. The van der Waals surface area contributed by atoms with Crippen molar-refractivity contribution in [3.8, 4) is 0 Å². The van der Waals surface area contributed by atoms with Crippen molar-refractivity contribution < 1.29 is 18.0 Å². The summed E-state index contributed by atoms with van der Waals surface area (Å²) in [5.74, 6) is -0.699. The first-order valence-corrected chi connectivity index (χ1v) is 15.9. The predicted molar refractivity (Wildman–Crippen MR) is 164 cm³/mol. The number of aryl methyl sites for hydroxylation is 1. The molecule has 0 aromatic heterocycles. The summed E-state index contributed by atoms with van der Waals surface area (Å²) in [5.41, 5.74) is 2.79. The second-order valence-corrected chi connectivity index (χ2v) is 13.0. The summed E-state index contributed by atoms with van der Waals surface area (Å²) >= 11 is 6.39. The Labute approximate surface area is 248 Å². The smallest absolute Gasteiger partial charge is 0.264 e. The summed E-state index contributed by atoms with van der Waals surface area (Å²) in [6.07, 6.45) is 4.51. The van der Waals surface area contributed by atoms with Crippen LogP contribution in [-0.2, 0) is 26.0 Å². The standard InChI is InChI=1S/C32H38ClN3O4S/c1-23-16-18-28(19-17-23)41(39,40)36(30-15-9-14-29(33)24(30)2)22-31(37)35(21-20-26-10-5-4-6-11-26)25(3)32(38)34-27-12-7-8-13-27/h4-6,9-11,14-19,25,27H,7-8,12-13,20-22H2,1-3H3,(H,34,38)/t25-/m0/s1. The highest BCUT2D eigenvalue weighted by molar-refractivity contribution is 7.92. The summed E-state index contributed by atoms with van der Waals surface area (Å²) in [6, 6.07) is 20.5. The number of sulfonamides is 1. The molecule has 4 rings (SSSR count). The van der Waals surface area contributed by atoms with E-state index in [2.05, 4.69) is 5.32 Å². The zero-order valence-electron chi connectivity index (χ0n) is 23.8. The fourth-order valence-corrected chi connectivity index (χ4v) is 6.82. The minimum Gasteiger partial charge on any atom is -0.352 e. The van der Waals surface area contributed by atoms with Crippen LogP contribution in [0.3, 0.4) is 0 Å². The number of nitrogens with one attached hydrogen (secondary N) is 1. The molecule has 0 unspecified atom stereocenters. The highest BCUT2D eigenvalue weighted by Gasteiger charge is 2.33. The van der Waals surface area contributed by atoms with E-state index in [4.69, 9.17) is 11.6 Å². The lowest BCUT2D eigenvalue weighted by molar-refractivity contribution is -0.139. The van der Waals surface area contributed by atoms with Gasteiger partial charge in [-0.1, -0.05) is 78.5 Å². The number of nitrogens with zero attached hydrogens (tertiary/aromatic N) is 2. The Morgan fingerprint density at radius 3 is 2.27 bits per heavy atom. The number of hydrogen-bond donors (Lipinski definition) is 1. The van der Waals surface area contributed by atoms with E-state index in [-0.39, 0.29) is 23.4 Å². The molecule has 41 heavy (non-hydrogen) atoms. The minimum absolute atomic E-state index is 0.0677. The Morgan fingerprint density at radius 1 is 0.951 bits per heavy atom. The molecule has 0 spiro atoms. The van der Waals surface area contributed by atoms with Gasteiger partial charge in [0.25, 0.3) is 10.0 Å². The average molecular weight is 596 g/mol. The summed E-state index contributed by atoms with van der Waals surface area (Å²) in [5, 5.41) is 3.49. The Hall–Kier alpha value is -3.36. The van der Waals surface area contributed by atoms with Crippen LogP contribution in [0.25, 0.3) is 0 Å². The zero-order valence-corrected chi connectivity index (χ0v) is 25.4. The molecule has 2 amide bonds. The lowest BCUT2D eigenvalue weighted by Gasteiger charge is -2.33. The van der Waals surface area contributed by atoms with Crippen LogP contribution in [0, 0.1) is 13.8 Å². The molecule has 0 saturated heterocycles. The molecular weight excluding hydrogens is 558 g/mol. The van der Waals surface area contributed by atoms with Crippen molar-refractivity contribution in [3.63, 3.8) is 0 Å². The van der Waals surface area contributed by atoms with E-state index < -0.39 is 28.5 Å². The molecule has 0 aliphatic heterocycles. The highest BCUT2D eigenvalue weighted by Crippen LogP contribution is 2.31. The highest BCUT2D eigenvalue weighted by atomic mass is 35.5. The fraction of sp³-hybridized carbons (Fsp3) is 0.375. The molecule has 0 heterocycles. The molecule has 9 heteroatoms. The Kier molecular flexibility index (Phi) is 10.1. The van der Waals surface area contributed by atoms with E-state index in [1.54, 1.807) is 44.2 Å². The van der Waals surface area contributed by atoms with Crippen molar-refractivity contribution in [1.82, 2.24) is 10.2 Å². The number of amides is 2. The lowest BCUT2D eigenvalue weighted by Crippen LogP contribution is -2.53. The number of carbonyl (C=O) groups excluding carboxylic acids is 2. The van der Waals surface area contributed by atoms with Gasteiger partial charge in [-0.25, -0.2) is 8.42 Å². The van der Waals surface area contributed by atoms with Gasteiger partial charge in [-0.15, -0.1) is 0 Å². The maximum Gasteiger partial charge on any atom is 0.264 e. The average Bonchev–Trinajstić information content (AvgIpc) is 3.47. The van der Waals surface area contributed by atoms with Gasteiger partial charge >= 0.3 is 0 Å². The van der Waals surface area contributed by atoms with Gasteiger partial charge in [0, 0.05) is 17.6 Å². The molecule has 1 saturated carbocycles. The van der Waals surface area contributed by atoms with Crippen molar-refractivity contribution >= 4 is 39.1 Å². The van der Waals surface area contributed by atoms with Crippen LogP contribution in [-0.4, -0.2) is 50.3 Å². The number of halogens is 1. The summed E-state index contributed by atoms with van der Waals surface area (Å²) in [4.78, 5) is 28.9. The third-order valence-corrected chi connectivity index (χ3v) is 9.93. The van der Waals surface area contributed by atoms with Crippen LogP contribution < -0.4 is 9.62 Å². The molecule has 1 N–H and O–H groups in total. The molecule has 1 atom stereocenters. The van der Waals surface area contributed by atoms with Gasteiger partial charge in [-0.3, -0.25) is 13.9 Å². The van der Waals surface area contributed by atoms with Crippen molar-refractivity contribution in [2.45, 2.75) is 69.9 Å². The molecule has 7 nitrogen and oxygen atoms in total. The third kappa shape index (κ3) is 7.49. The number of hydrogen-bond acceptors (Lipinski definition) is 4. The molecule has 0 radical (unpaired) electrons. The summed E-state index contributed by atoms with van der Waals surface area (Å²) in [7, 11) is -4.14. The van der Waals surface area contributed by atoms with Crippen LogP contribution >= 0.6 is 11.6 Å². The van der Waals surface area contributed by atoms with Crippen molar-refractivity contribution in [1.29, 1.82) is 0 Å². The number of rotatable bonds is 11. The molecule has 218 valence electrons. The van der Waals surface area contributed by atoms with E-state index >= 15 is 0 Å². The van der Waals surface area contributed by atoms with Crippen LogP contribution in [0.5, 0.6) is 0 Å². The van der Waals surface area contributed by atoms with E-state index in [0.717, 1.165) is 41.1 Å². The maximum atomic E-state index is 14.1. The van der Waals surface area contributed by atoms with Gasteiger partial charge in [0.05, 0.1) is 10.6 Å². The van der Waals surface area contributed by atoms with E-state index in [0.29, 0.717) is 22.7 Å². The monoisotopic (exact) mass is 595 g/mol. The van der Waals surface area contributed by atoms with Crippen LogP contribution in [0.15, 0.2) is 77.7 Å². The van der Waals surface area contributed by atoms with Crippen molar-refractivity contribution in [2.75, 3.05) is 17.4 Å². The Balaban J connectivity index is 1.67. The van der Waals surface area contributed by atoms with Gasteiger partial charge in [-0.05, 0) is 75.4 Å². The van der Waals surface area contributed by atoms with E-state index in [1.165, 1.54) is 17.0 Å². The quantitative estimate of drug-likeness (QED) is 0.309. The first-order valence-electron chi connectivity index (χ1n) is 14.1. The second-order valence-electron chi connectivity index (χ2n) is 10.7. The van der Waals surface area contributed by atoms with Crippen LogP contribution in [0.2, 0.25) is 5.02 Å². The topological polar surface area (TPSA) is 86.8 Å². The van der Waals surface area contributed by atoms with Gasteiger partial charge in [0.1, 0.15) is 12.6 Å². The fourth-order valence-electron chi connectivity index (χ4n) is 5.18. The number of benzene rings is 3.